The Morgan fingerprint density at radius 1 is 1.35 bits per heavy atom. The molecule has 0 aromatic heterocycles. The van der Waals surface area contributed by atoms with Gasteiger partial charge in [-0.2, -0.15) is 0 Å². The summed E-state index contributed by atoms with van der Waals surface area (Å²) in [5, 5.41) is 2.30. The summed E-state index contributed by atoms with van der Waals surface area (Å²) in [5.41, 5.74) is -0.390. The first-order chi connectivity index (χ1) is 7.77. The molecule has 0 unspecified atom stereocenters. The number of halogens is 4. The van der Waals surface area contributed by atoms with E-state index in [2.05, 4.69) is 5.32 Å². The van der Waals surface area contributed by atoms with Crippen molar-refractivity contribution in [1.29, 1.82) is 0 Å². The number of nitrogens with one attached hydrogen (secondary N) is 1. The van der Waals surface area contributed by atoms with E-state index >= 15 is 0 Å². The predicted octanol–water partition coefficient (Wildman–Crippen LogP) is 4.34. The van der Waals surface area contributed by atoms with Gasteiger partial charge in [0.1, 0.15) is 0 Å². The van der Waals surface area contributed by atoms with Crippen molar-refractivity contribution in [2.75, 3.05) is 11.2 Å². The van der Waals surface area contributed by atoms with Crippen LogP contribution in [0.25, 0.3) is 0 Å². The normalized spacial score (nSPS) is 11.4. The predicted molar refractivity (Wildman–Crippen MR) is 69.6 cm³/mol. The lowest BCUT2D eigenvalue weighted by Gasteiger charge is -2.20. The van der Waals surface area contributed by atoms with Crippen molar-refractivity contribution in [3.63, 3.8) is 0 Å². The van der Waals surface area contributed by atoms with Crippen molar-refractivity contribution in [3.8, 4) is 0 Å². The van der Waals surface area contributed by atoms with Gasteiger partial charge in [-0.1, -0.05) is 23.2 Å². The van der Waals surface area contributed by atoms with Crippen molar-refractivity contribution in [2.24, 2.45) is 5.41 Å². The molecule has 0 heterocycles. The van der Waals surface area contributed by atoms with Gasteiger partial charge in [0.05, 0.1) is 15.5 Å². The summed E-state index contributed by atoms with van der Waals surface area (Å²) < 4.78 is 13.2. The number of rotatable bonds is 3. The molecule has 6 heteroatoms. The molecule has 0 aliphatic heterocycles. The molecule has 1 rings (SSSR count). The van der Waals surface area contributed by atoms with Gasteiger partial charge in [-0.3, -0.25) is 4.79 Å². The zero-order valence-electron chi connectivity index (χ0n) is 9.28. The fourth-order valence-electron chi connectivity index (χ4n) is 0.989. The van der Waals surface area contributed by atoms with Crippen LogP contribution in [0.15, 0.2) is 12.1 Å². The Bertz CT molecular complexity index is 425. The Labute approximate surface area is 114 Å². The van der Waals surface area contributed by atoms with Crippen LogP contribution >= 0.6 is 34.8 Å². The largest absolute Gasteiger partial charge is 0.325 e. The second-order valence-electron chi connectivity index (χ2n) is 4.23. The quantitative estimate of drug-likeness (QED) is 0.653. The first-order valence-corrected chi connectivity index (χ1v) is 6.09. The van der Waals surface area contributed by atoms with Gasteiger partial charge in [0, 0.05) is 11.6 Å². The highest BCUT2D eigenvalue weighted by atomic mass is 35.5. The molecule has 94 valence electrons. The smallest absolute Gasteiger partial charge is 0.231 e. The van der Waals surface area contributed by atoms with Crippen LogP contribution in [-0.2, 0) is 4.79 Å². The first-order valence-electron chi connectivity index (χ1n) is 4.80. The summed E-state index contributed by atoms with van der Waals surface area (Å²) in [4.78, 5) is 11.8. The SMILES string of the molecule is CC(C)(CCl)C(=O)Nc1cc(Cl)c(F)c(Cl)c1. The molecule has 0 fully saturated rings. The van der Waals surface area contributed by atoms with Crippen LogP contribution in [0.4, 0.5) is 10.1 Å². The van der Waals surface area contributed by atoms with E-state index < -0.39 is 11.2 Å². The number of amides is 1. The first kappa shape index (κ1) is 14.6. The summed E-state index contributed by atoms with van der Waals surface area (Å²) in [5.74, 6) is -0.823. The average Bonchev–Trinajstić information content (AvgIpc) is 2.25. The fourth-order valence-corrected chi connectivity index (χ4v) is 1.60. The van der Waals surface area contributed by atoms with Crippen molar-refractivity contribution in [1.82, 2.24) is 0 Å². The maximum Gasteiger partial charge on any atom is 0.231 e. The van der Waals surface area contributed by atoms with Crippen LogP contribution in [0.1, 0.15) is 13.8 Å². The second kappa shape index (κ2) is 5.42. The van der Waals surface area contributed by atoms with E-state index in [4.69, 9.17) is 34.8 Å². The topological polar surface area (TPSA) is 29.1 Å². The van der Waals surface area contributed by atoms with Crippen LogP contribution in [0, 0.1) is 11.2 Å². The number of hydrogen-bond donors (Lipinski definition) is 1. The number of hydrogen-bond acceptors (Lipinski definition) is 1. The lowest BCUT2D eigenvalue weighted by molar-refractivity contribution is -0.122. The minimum Gasteiger partial charge on any atom is -0.325 e. The van der Waals surface area contributed by atoms with Gasteiger partial charge in [-0.15, -0.1) is 11.6 Å². The van der Waals surface area contributed by atoms with Crippen LogP contribution in [0.3, 0.4) is 0 Å². The lowest BCUT2D eigenvalue weighted by Crippen LogP contribution is -2.32. The van der Waals surface area contributed by atoms with Gasteiger partial charge in [0.25, 0.3) is 0 Å². The van der Waals surface area contributed by atoms with Crippen LogP contribution in [0.2, 0.25) is 10.0 Å². The zero-order valence-corrected chi connectivity index (χ0v) is 11.5. The van der Waals surface area contributed by atoms with Gasteiger partial charge >= 0.3 is 0 Å². The highest BCUT2D eigenvalue weighted by molar-refractivity contribution is 6.35. The lowest BCUT2D eigenvalue weighted by atomic mass is 9.95. The minimum atomic E-state index is -0.727. The number of carbonyl (C=O) groups is 1. The van der Waals surface area contributed by atoms with E-state index in [0.717, 1.165) is 0 Å². The summed E-state index contributed by atoms with van der Waals surface area (Å²) in [6.07, 6.45) is 0. The van der Waals surface area contributed by atoms with E-state index in [9.17, 15) is 9.18 Å². The third-order valence-corrected chi connectivity index (χ3v) is 3.41. The summed E-state index contributed by atoms with van der Waals surface area (Å²) >= 11 is 16.9. The highest BCUT2D eigenvalue weighted by Gasteiger charge is 2.26. The molecule has 0 bridgehead atoms. The average molecular weight is 299 g/mol. The number of alkyl halides is 1. The van der Waals surface area contributed by atoms with E-state index in [1.54, 1.807) is 13.8 Å². The van der Waals surface area contributed by atoms with E-state index in [1.165, 1.54) is 12.1 Å². The Morgan fingerprint density at radius 2 is 1.82 bits per heavy atom. The molecule has 1 N–H and O–H groups in total. The number of anilines is 1. The maximum atomic E-state index is 13.2. The van der Waals surface area contributed by atoms with Crippen LogP contribution < -0.4 is 5.32 Å². The molecule has 17 heavy (non-hydrogen) atoms. The monoisotopic (exact) mass is 297 g/mol. The molecule has 2 nitrogen and oxygen atoms in total. The Kier molecular flexibility index (Phi) is 4.64. The minimum absolute atomic E-state index is 0.142. The van der Waals surface area contributed by atoms with Gasteiger partial charge in [0.15, 0.2) is 5.82 Å². The van der Waals surface area contributed by atoms with Crippen molar-refractivity contribution >= 4 is 46.4 Å². The van der Waals surface area contributed by atoms with Crippen LogP contribution in [-0.4, -0.2) is 11.8 Å². The molecule has 0 aliphatic rings. The Hall–Kier alpha value is -0.510. The standard InChI is InChI=1S/C11H11Cl3FNO/c1-11(2,5-12)10(17)16-6-3-7(13)9(15)8(14)4-6/h3-4H,5H2,1-2H3,(H,16,17). The summed E-state index contributed by atoms with van der Waals surface area (Å²) in [6.45, 7) is 3.39. The number of carbonyl (C=O) groups excluding carboxylic acids is 1. The summed E-state index contributed by atoms with van der Waals surface area (Å²) in [6, 6.07) is 2.59. The van der Waals surface area contributed by atoms with Gasteiger partial charge in [-0.25, -0.2) is 4.39 Å². The Balaban J connectivity index is 2.94. The fraction of sp³-hybridized carbons (Fsp3) is 0.364. The van der Waals surface area contributed by atoms with Gasteiger partial charge in [0.2, 0.25) is 5.91 Å². The van der Waals surface area contributed by atoms with Crippen molar-refractivity contribution < 1.29 is 9.18 Å². The molecule has 0 radical (unpaired) electrons. The molecule has 1 aromatic carbocycles. The molecule has 1 aromatic rings. The molecule has 0 atom stereocenters. The molecular weight excluding hydrogens is 287 g/mol. The van der Waals surface area contributed by atoms with Crippen molar-refractivity contribution in [3.05, 3.63) is 28.0 Å². The van der Waals surface area contributed by atoms with Crippen molar-refractivity contribution in [2.45, 2.75) is 13.8 Å². The Morgan fingerprint density at radius 3 is 2.24 bits per heavy atom. The third-order valence-electron chi connectivity index (χ3n) is 2.19. The van der Waals surface area contributed by atoms with E-state index in [1.807, 2.05) is 0 Å². The molecule has 0 aliphatic carbocycles. The van der Waals surface area contributed by atoms with E-state index in [-0.39, 0.29) is 21.8 Å². The molecular formula is C11H11Cl3FNO. The van der Waals surface area contributed by atoms with Crippen LogP contribution in [0.5, 0.6) is 0 Å². The molecule has 1 amide bonds. The number of benzene rings is 1. The van der Waals surface area contributed by atoms with Gasteiger partial charge in [-0.05, 0) is 26.0 Å². The zero-order chi connectivity index (χ0) is 13.2. The highest BCUT2D eigenvalue weighted by Crippen LogP contribution is 2.28. The second-order valence-corrected chi connectivity index (χ2v) is 5.31. The molecule has 0 spiro atoms. The molecule has 0 saturated heterocycles. The molecule has 0 saturated carbocycles. The summed E-state index contributed by atoms with van der Waals surface area (Å²) in [7, 11) is 0. The van der Waals surface area contributed by atoms with Gasteiger partial charge < -0.3 is 5.32 Å². The third kappa shape index (κ3) is 3.47. The maximum absolute atomic E-state index is 13.2. The van der Waals surface area contributed by atoms with E-state index in [0.29, 0.717) is 5.69 Å².